The van der Waals surface area contributed by atoms with Gasteiger partial charge < -0.3 is 9.05 Å². The van der Waals surface area contributed by atoms with Crippen LogP contribution in [-0.4, -0.2) is 16.1 Å². The molecule has 142 valence electrons. The molecule has 26 heavy (non-hydrogen) atoms. The van der Waals surface area contributed by atoms with Crippen LogP contribution in [-0.2, 0) is 24.2 Å². The third-order valence-corrected chi connectivity index (χ3v) is 5.81. The zero-order valence-corrected chi connectivity index (χ0v) is 14.7. The van der Waals surface area contributed by atoms with Crippen LogP contribution in [0.1, 0.15) is 18.3 Å². The van der Waals surface area contributed by atoms with Crippen molar-refractivity contribution in [2.75, 3.05) is 6.16 Å². The van der Waals surface area contributed by atoms with E-state index in [0.717, 1.165) is 36.4 Å². The molecule has 0 fully saturated rings. The summed E-state index contributed by atoms with van der Waals surface area (Å²) in [5.41, 5.74) is -2.38. The zero-order chi connectivity index (χ0) is 19.6. The number of alkyl halides is 6. The van der Waals surface area contributed by atoms with E-state index in [4.69, 9.17) is 20.9 Å². The van der Waals surface area contributed by atoms with Crippen LogP contribution in [0.4, 0.5) is 26.3 Å². The Morgan fingerprint density at radius 1 is 0.846 bits per heavy atom. The van der Waals surface area contributed by atoms with Gasteiger partial charge in [-0.15, -0.1) is 0 Å². The molecule has 2 rings (SSSR count). The molecule has 0 aliphatic heterocycles. The lowest BCUT2D eigenvalue weighted by molar-refractivity contribution is -0.142. The summed E-state index contributed by atoms with van der Waals surface area (Å²) in [5.74, 6) is -0.867. The Balaban J connectivity index is 2.26. The fourth-order valence-electron chi connectivity index (χ4n) is 1.68. The molecule has 0 radical (unpaired) electrons. The van der Waals surface area contributed by atoms with Gasteiger partial charge >= 0.3 is 12.4 Å². The van der Waals surface area contributed by atoms with Gasteiger partial charge in [-0.2, -0.15) is 26.3 Å². The van der Waals surface area contributed by atoms with E-state index < -0.39 is 42.0 Å². The van der Waals surface area contributed by atoms with E-state index in [9.17, 15) is 26.3 Å². The minimum absolute atomic E-state index is 0.0260. The van der Waals surface area contributed by atoms with Gasteiger partial charge in [-0.1, -0.05) is 19.1 Å². The van der Waals surface area contributed by atoms with E-state index >= 15 is 0 Å². The molecule has 4 nitrogen and oxygen atoms in total. The fourth-order valence-corrected chi connectivity index (χ4v) is 3.21. The monoisotopic (exact) mass is 416 g/mol. The number of nitrogens with zero attached hydrogens (tertiary/aromatic N) is 2. The van der Waals surface area contributed by atoms with Gasteiger partial charge in [-0.25, -0.2) is 9.97 Å². The summed E-state index contributed by atoms with van der Waals surface area (Å²) < 4.78 is 86.8. The fraction of sp³-hybridized carbons (Fsp3) is 0.286. The quantitative estimate of drug-likeness (QED) is 0.489. The predicted octanol–water partition coefficient (Wildman–Crippen LogP) is 5.30. The molecule has 0 atom stereocenters. The van der Waals surface area contributed by atoms with Crippen molar-refractivity contribution < 1.29 is 35.4 Å². The van der Waals surface area contributed by atoms with Crippen LogP contribution >= 0.6 is 6.49 Å². The summed E-state index contributed by atoms with van der Waals surface area (Å²) in [6, 6.07) is 5.94. The van der Waals surface area contributed by atoms with Gasteiger partial charge in [0.2, 0.25) is 11.8 Å². The Morgan fingerprint density at radius 3 is 1.54 bits per heavy atom. The maximum atomic E-state index is 12.7. The first kappa shape index (κ1) is 20.4. The summed E-state index contributed by atoms with van der Waals surface area (Å²) in [6.45, 7) is -1.78. The molecule has 12 heteroatoms. The number of hydrogen-bond acceptors (Lipinski definition) is 5. The molecule has 2 aromatic rings. The lowest BCUT2D eigenvalue weighted by Crippen LogP contribution is -2.11. The SMILES string of the molecule is CCP(=S)(Oc1cccc(C(F)(F)F)n1)Oc1cccc(C(F)(F)F)n1. The van der Waals surface area contributed by atoms with Crippen molar-refractivity contribution in [1.82, 2.24) is 9.97 Å². The molecule has 2 heterocycles. The van der Waals surface area contributed by atoms with E-state index in [-0.39, 0.29) is 6.16 Å². The maximum Gasteiger partial charge on any atom is 0.433 e. The largest absolute Gasteiger partial charge is 0.433 e. The molecule has 2 aromatic heterocycles. The maximum absolute atomic E-state index is 12.7. The van der Waals surface area contributed by atoms with Crippen molar-refractivity contribution in [1.29, 1.82) is 0 Å². The number of aromatic nitrogens is 2. The van der Waals surface area contributed by atoms with E-state index in [1.54, 1.807) is 0 Å². The van der Waals surface area contributed by atoms with Crippen LogP contribution in [0.25, 0.3) is 0 Å². The molecule has 0 aromatic carbocycles. The second-order valence-electron chi connectivity index (χ2n) is 4.83. The molecule has 0 aliphatic carbocycles. The van der Waals surface area contributed by atoms with E-state index in [0.29, 0.717) is 0 Å². The molecule has 0 saturated carbocycles. The molecule has 0 saturated heterocycles. The number of rotatable bonds is 5. The van der Waals surface area contributed by atoms with Crippen molar-refractivity contribution >= 4 is 18.3 Å². The average Bonchev–Trinajstić information content (AvgIpc) is 2.53. The normalized spacial score (nSPS) is 12.7. The van der Waals surface area contributed by atoms with Crippen LogP contribution in [0.2, 0.25) is 0 Å². The van der Waals surface area contributed by atoms with Crippen molar-refractivity contribution in [3.8, 4) is 11.8 Å². The van der Waals surface area contributed by atoms with Crippen LogP contribution in [0.15, 0.2) is 36.4 Å². The summed E-state index contributed by atoms with van der Waals surface area (Å²) >= 11 is 5.16. The number of hydrogen-bond donors (Lipinski definition) is 0. The van der Waals surface area contributed by atoms with Gasteiger partial charge in [-0.3, -0.25) is 0 Å². The van der Waals surface area contributed by atoms with Gasteiger partial charge in [0, 0.05) is 18.3 Å². The van der Waals surface area contributed by atoms with E-state index in [2.05, 4.69) is 9.97 Å². The highest BCUT2D eigenvalue weighted by Gasteiger charge is 2.34. The summed E-state index contributed by atoms with van der Waals surface area (Å²) in [7, 11) is 0. The molecule has 0 spiro atoms. The molecular weight excluding hydrogens is 405 g/mol. The number of pyridine rings is 2. The molecule has 0 amide bonds. The third kappa shape index (κ3) is 5.31. The topological polar surface area (TPSA) is 44.2 Å². The highest BCUT2D eigenvalue weighted by molar-refractivity contribution is 8.10. The van der Waals surface area contributed by atoms with Gasteiger partial charge in [0.05, 0.1) is 0 Å². The Kier molecular flexibility index (Phi) is 5.82. The van der Waals surface area contributed by atoms with Crippen LogP contribution in [0, 0.1) is 0 Å². The third-order valence-electron chi connectivity index (χ3n) is 2.88. The second kappa shape index (κ2) is 7.40. The van der Waals surface area contributed by atoms with Gasteiger partial charge in [-0.05, 0) is 23.9 Å². The molecule has 0 unspecified atom stereocenters. The Bertz CT molecular complexity index is 764. The minimum Gasteiger partial charge on any atom is -0.417 e. The van der Waals surface area contributed by atoms with Crippen molar-refractivity contribution in [2.24, 2.45) is 0 Å². The Labute approximate surface area is 149 Å². The first-order chi connectivity index (χ1) is 11.9. The first-order valence-corrected chi connectivity index (χ1v) is 9.82. The molecular formula is C14H11F6N2O2PS. The molecule has 0 aliphatic rings. The Morgan fingerprint density at radius 2 is 1.23 bits per heavy atom. The van der Waals surface area contributed by atoms with Gasteiger partial charge in [0.1, 0.15) is 11.4 Å². The highest BCUT2D eigenvalue weighted by Crippen LogP contribution is 2.48. The molecule has 0 N–H and O–H groups in total. The second-order valence-corrected chi connectivity index (χ2v) is 8.72. The van der Waals surface area contributed by atoms with Crippen LogP contribution < -0.4 is 9.05 Å². The smallest absolute Gasteiger partial charge is 0.417 e. The van der Waals surface area contributed by atoms with E-state index in [1.807, 2.05) is 0 Å². The van der Waals surface area contributed by atoms with Gasteiger partial charge in [0.15, 0.2) is 0 Å². The minimum atomic E-state index is -4.68. The number of halogens is 6. The molecule has 0 bridgehead atoms. The standard InChI is InChI=1S/C14H11F6N2O2PS/c1-2-25(26,23-11-7-3-5-9(21-11)13(15,16)17)24-12-8-4-6-10(22-12)14(18,19)20/h3-8H,2H2,1H3. The van der Waals surface area contributed by atoms with Crippen LogP contribution in [0.3, 0.4) is 0 Å². The van der Waals surface area contributed by atoms with E-state index in [1.165, 1.54) is 6.92 Å². The highest BCUT2D eigenvalue weighted by atomic mass is 32.5. The van der Waals surface area contributed by atoms with Gasteiger partial charge in [0.25, 0.3) is 6.49 Å². The summed E-state index contributed by atoms with van der Waals surface area (Å²) in [6.07, 6.45) is -9.34. The lowest BCUT2D eigenvalue weighted by atomic mass is 10.3. The predicted molar refractivity (Wildman–Crippen MR) is 84.6 cm³/mol. The Hall–Kier alpha value is -1.87. The summed E-state index contributed by atoms with van der Waals surface area (Å²) in [5, 5.41) is 0. The van der Waals surface area contributed by atoms with Crippen molar-refractivity contribution in [3.05, 3.63) is 47.8 Å². The first-order valence-electron chi connectivity index (χ1n) is 7.00. The van der Waals surface area contributed by atoms with Crippen molar-refractivity contribution in [2.45, 2.75) is 19.3 Å². The average molecular weight is 416 g/mol. The lowest BCUT2D eigenvalue weighted by Gasteiger charge is -2.22. The van der Waals surface area contributed by atoms with Crippen molar-refractivity contribution in [3.63, 3.8) is 0 Å². The van der Waals surface area contributed by atoms with Crippen LogP contribution in [0.5, 0.6) is 11.8 Å². The zero-order valence-electron chi connectivity index (χ0n) is 13.0. The summed E-state index contributed by atoms with van der Waals surface area (Å²) in [4.78, 5) is 6.62.